The van der Waals surface area contributed by atoms with Gasteiger partial charge >= 0.3 is 12.0 Å². The number of piperidine rings is 1. The predicted molar refractivity (Wildman–Crippen MR) is 64.3 cm³/mol. The van der Waals surface area contributed by atoms with Crippen molar-refractivity contribution in [3.63, 3.8) is 0 Å². The Labute approximate surface area is 103 Å². The summed E-state index contributed by atoms with van der Waals surface area (Å²) in [5.74, 6) is -0.894. The molecule has 0 bridgehead atoms. The number of likely N-dealkylation sites (tertiary alicyclic amines) is 1. The van der Waals surface area contributed by atoms with Crippen LogP contribution in [0.4, 0.5) is 4.79 Å². The first-order valence-corrected chi connectivity index (χ1v) is 7.29. The number of carboxylic acids is 1. The van der Waals surface area contributed by atoms with E-state index in [4.69, 9.17) is 5.11 Å². The van der Waals surface area contributed by atoms with Crippen molar-refractivity contribution < 1.29 is 18.9 Å². The molecule has 17 heavy (non-hydrogen) atoms. The van der Waals surface area contributed by atoms with Gasteiger partial charge in [-0.1, -0.05) is 0 Å². The van der Waals surface area contributed by atoms with E-state index in [1.807, 2.05) is 0 Å². The van der Waals surface area contributed by atoms with Crippen molar-refractivity contribution in [1.29, 1.82) is 0 Å². The van der Waals surface area contributed by atoms with E-state index in [-0.39, 0.29) is 12.6 Å². The van der Waals surface area contributed by atoms with Gasteiger partial charge in [0.05, 0.1) is 5.92 Å². The summed E-state index contributed by atoms with van der Waals surface area (Å²) in [7, 11) is -0.929. The maximum Gasteiger partial charge on any atom is 0.317 e. The molecule has 0 aromatic carbocycles. The fraction of sp³-hybridized carbons (Fsp3) is 0.800. The zero-order valence-electron chi connectivity index (χ0n) is 9.85. The molecule has 1 heterocycles. The first-order valence-electron chi connectivity index (χ1n) is 5.56. The normalized spacial score (nSPS) is 21.9. The molecular formula is C10H18N2O4S. The van der Waals surface area contributed by atoms with Gasteiger partial charge in [-0.3, -0.25) is 9.00 Å². The number of carboxylic acid groups (broad SMARTS) is 1. The van der Waals surface area contributed by atoms with Gasteiger partial charge in [0.2, 0.25) is 0 Å². The first kappa shape index (κ1) is 14.0. The van der Waals surface area contributed by atoms with Crippen LogP contribution in [0.2, 0.25) is 0 Å². The lowest BCUT2D eigenvalue weighted by atomic mass is 9.99. The van der Waals surface area contributed by atoms with Crippen LogP contribution in [0.1, 0.15) is 12.8 Å². The average molecular weight is 262 g/mol. The van der Waals surface area contributed by atoms with Crippen molar-refractivity contribution in [3.05, 3.63) is 0 Å². The molecule has 2 N–H and O–H groups in total. The summed E-state index contributed by atoms with van der Waals surface area (Å²) in [5.41, 5.74) is 0. The van der Waals surface area contributed by atoms with Crippen LogP contribution in [0.25, 0.3) is 0 Å². The number of nitrogens with one attached hydrogen (secondary N) is 1. The number of hydrogen-bond acceptors (Lipinski definition) is 3. The molecule has 6 nitrogen and oxygen atoms in total. The summed E-state index contributed by atoms with van der Waals surface area (Å²) < 4.78 is 10.8. The number of amides is 2. The minimum Gasteiger partial charge on any atom is -0.481 e. The van der Waals surface area contributed by atoms with Gasteiger partial charge in [0.25, 0.3) is 0 Å². The highest BCUT2D eigenvalue weighted by Gasteiger charge is 2.27. The number of rotatable bonds is 4. The Kier molecular flexibility index (Phi) is 5.40. The molecule has 7 heteroatoms. The summed E-state index contributed by atoms with van der Waals surface area (Å²) >= 11 is 0. The summed E-state index contributed by atoms with van der Waals surface area (Å²) in [6.07, 6.45) is 2.91. The minimum absolute atomic E-state index is 0.260. The second-order valence-electron chi connectivity index (χ2n) is 4.13. The summed E-state index contributed by atoms with van der Waals surface area (Å²) in [4.78, 5) is 24.0. The van der Waals surface area contributed by atoms with E-state index in [9.17, 15) is 13.8 Å². The quantitative estimate of drug-likeness (QED) is 0.739. The van der Waals surface area contributed by atoms with Crippen LogP contribution in [-0.2, 0) is 15.6 Å². The molecular weight excluding hydrogens is 244 g/mol. The highest BCUT2D eigenvalue weighted by molar-refractivity contribution is 7.84. The number of nitrogens with zero attached hydrogens (tertiary/aromatic N) is 1. The molecule has 0 spiro atoms. The van der Waals surface area contributed by atoms with E-state index in [0.717, 1.165) is 0 Å². The Bertz CT molecular complexity index is 321. The summed E-state index contributed by atoms with van der Waals surface area (Å²) in [5, 5.41) is 11.5. The lowest BCUT2D eigenvalue weighted by Gasteiger charge is -2.30. The Morgan fingerprint density at radius 2 is 2.24 bits per heavy atom. The maximum atomic E-state index is 11.7. The predicted octanol–water partition coefficient (Wildman–Crippen LogP) is -0.129. The molecule has 2 atom stereocenters. The van der Waals surface area contributed by atoms with Crippen LogP contribution in [0.15, 0.2) is 0 Å². The number of carbonyl (C=O) groups excluding carboxylic acids is 1. The van der Waals surface area contributed by atoms with Crippen molar-refractivity contribution in [1.82, 2.24) is 10.2 Å². The van der Waals surface area contributed by atoms with Crippen LogP contribution < -0.4 is 5.32 Å². The van der Waals surface area contributed by atoms with Gasteiger partial charge < -0.3 is 15.3 Å². The van der Waals surface area contributed by atoms with Crippen molar-refractivity contribution in [2.45, 2.75) is 12.8 Å². The minimum atomic E-state index is -0.929. The number of carbonyl (C=O) groups is 2. The van der Waals surface area contributed by atoms with Gasteiger partial charge in [0.1, 0.15) is 0 Å². The molecule has 2 amide bonds. The van der Waals surface area contributed by atoms with E-state index >= 15 is 0 Å². The lowest BCUT2D eigenvalue weighted by Crippen LogP contribution is -2.47. The Hall–Kier alpha value is -1.11. The molecule has 2 unspecified atom stereocenters. The first-order chi connectivity index (χ1) is 8.00. The van der Waals surface area contributed by atoms with Gasteiger partial charge in [0, 0.05) is 42.4 Å². The molecule has 0 aliphatic carbocycles. The molecule has 0 aromatic rings. The van der Waals surface area contributed by atoms with Crippen molar-refractivity contribution >= 4 is 22.8 Å². The summed E-state index contributed by atoms with van der Waals surface area (Å²) in [6.45, 7) is 1.21. The Morgan fingerprint density at radius 3 is 2.82 bits per heavy atom. The zero-order valence-corrected chi connectivity index (χ0v) is 10.7. The SMILES string of the molecule is CS(=O)CCNC(=O)N1CCCC(C(=O)O)C1. The van der Waals surface area contributed by atoms with Gasteiger partial charge in [0.15, 0.2) is 0 Å². The fourth-order valence-electron chi connectivity index (χ4n) is 1.78. The smallest absolute Gasteiger partial charge is 0.317 e. The second-order valence-corrected chi connectivity index (χ2v) is 5.69. The standard InChI is InChI=1S/C10H18N2O4S/c1-17(16)6-4-11-10(15)12-5-2-3-8(7-12)9(13)14/h8H,2-7H2,1H3,(H,11,15)(H,13,14). The largest absolute Gasteiger partial charge is 0.481 e. The maximum absolute atomic E-state index is 11.7. The molecule has 1 fully saturated rings. The summed E-state index contributed by atoms with van der Waals surface area (Å²) in [6, 6.07) is -0.263. The monoisotopic (exact) mass is 262 g/mol. The van der Waals surface area contributed by atoms with E-state index in [2.05, 4.69) is 5.32 Å². The van der Waals surface area contributed by atoms with Crippen molar-refractivity contribution in [3.8, 4) is 0 Å². The third kappa shape index (κ3) is 4.72. The highest BCUT2D eigenvalue weighted by atomic mass is 32.2. The van der Waals surface area contributed by atoms with Crippen LogP contribution in [0.3, 0.4) is 0 Å². The number of hydrogen-bond donors (Lipinski definition) is 2. The van der Waals surface area contributed by atoms with E-state index in [0.29, 0.717) is 31.7 Å². The van der Waals surface area contributed by atoms with Crippen molar-refractivity contribution in [2.24, 2.45) is 5.92 Å². The van der Waals surface area contributed by atoms with Gasteiger partial charge in [-0.2, -0.15) is 0 Å². The van der Waals surface area contributed by atoms with E-state index in [1.54, 1.807) is 6.26 Å². The third-order valence-electron chi connectivity index (χ3n) is 2.72. The van der Waals surface area contributed by atoms with Gasteiger partial charge in [-0.15, -0.1) is 0 Å². The lowest BCUT2D eigenvalue weighted by molar-refractivity contribution is -0.143. The Morgan fingerprint density at radius 1 is 1.53 bits per heavy atom. The molecule has 98 valence electrons. The zero-order chi connectivity index (χ0) is 12.8. The number of aliphatic carboxylic acids is 1. The van der Waals surface area contributed by atoms with Crippen LogP contribution in [0.5, 0.6) is 0 Å². The molecule has 0 saturated carbocycles. The fourth-order valence-corrected chi connectivity index (χ4v) is 2.17. The molecule has 0 radical (unpaired) electrons. The van der Waals surface area contributed by atoms with Crippen LogP contribution >= 0.6 is 0 Å². The topological polar surface area (TPSA) is 86.7 Å². The van der Waals surface area contributed by atoms with Crippen LogP contribution in [0, 0.1) is 5.92 Å². The second kappa shape index (κ2) is 6.58. The Balaban J connectivity index is 2.35. The highest BCUT2D eigenvalue weighted by Crippen LogP contribution is 2.16. The van der Waals surface area contributed by atoms with Crippen molar-refractivity contribution in [2.75, 3.05) is 31.6 Å². The van der Waals surface area contributed by atoms with E-state index < -0.39 is 22.7 Å². The molecule has 1 rings (SSSR count). The van der Waals surface area contributed by atoms with Gasteiger partial charge in [-0.05, 0) is 12.8 Å². The third-order valence-corrected chi connectivity index (χ3v) is 3.50. The molecule has 1 aliphatic heterocycles. The number of urea groups is 1. The van der Waals surface area contributed by atoms with Gasteiger partial charge in [-0.25, -0.2) is 4.79 Å². The molecule has 0 aromatic heterocycles. The van der Waals surface area contributed by atoms with E-state index in [1.165, 1.54) is 4.90 Å². The van der Waals surface area contributed by atoms with Crippen LogP contribution in [-0.4, -0.2) is 57.9 Å². The molecule has 1 saturated heterocycles. The molecule has 1 aliphatic rings. The average Bonchev–Trinajstić information content (AvgIpc) is 2.28.